The molecule has 1 aromatic heterocycles. The van der Waals surface area contributed by atoms with Crippen molar-refractivity contribution < 1.29 is 9.53 Å². The summed E-state index contributed by atoms with van der Waals surface area (Å²) in [6.45, 7) is 2.00. The number of halogens is 1. The minimum atomic E-state index is -0.329. The molecule has 0 saturated heterocycles. The minimum Gasteiger partial charge on any atom is -0.496 e. The van der Waals surface area contributed by atoms with Gasteiger partial charge >= 0.3 is 0 Å². The van der Waals surface area contributed by atoms with Crippen molar-refractivity contribution in [2.24, 2.45) is 5.10 Å². The second-order valence-electron chi connectivity index (χ2n) is 5.19. The number of methoxy groups -OCH3 is 1. The molecule has 0 fully saturated rings. The van der Waals surface area contributed by atoms with Gasteiger partial charge in [0.1, 0.15) is 10.6 Å². The van der Waals surface area contributed by atoms with Crippen LogP contribution in [0, 0.1) is 6.92 Å². The van der Waals surface area contributed by atoms with Crippen LogP contribution in [0.25, 0.3) is 10.1 Å². The number of para-hydroxylation sites is 1. The van der Waals surface area contributed by atoms with E-state index < -0.39 is 0 Å². The van der Waals surface area contributed by atoms with Crippen molar-refractivity contribution in [2.75, 3.05) is 7.11 Å². The Morgan fingerprint density at radius 1 is 1.29 bits per heavy atom. The van der Waals surface area contributed by atoms with E-state index in [1.165, 1.54) is 11.3 Å². The number of amides is 1. The zero-order chi connectivity index (χ0) is 17.1. The van der Waals surface area contributed by atoms with Gasteiger partial charge in [0.2, 0.25) is 0 Å². The summed E-state index contributed by atoms with van der Waals surface area (Å²) in [7, 11) is 1.59. The first-order chi connectivity index (χ1) is 11.6. The smallest absolute Gasteiger partial charge is 0.283 e. The zero-order valence-corrected chi connectivity index (χ0v) is 14.7. The number of carbonyl (C=O) groups is 1. The van der Waals surface area contributed by atoms with Crippen molar-refractivity contribution in [2.45, 2.75) is 6.92 Å². The van der Waals surface area contributed by atoms with E-state index in [2.05, 4.69) is 10.5 Å². The Balaban J connectivity index is 1.80. The van der Waals surface area contributed by atoms with Gasteiger partial charge < -0.3 is 4.74 Å². The number of nitrogens with zero attached hydrogens (tertiary/aromatic N) is 1. The van der Waals surface area contributed by atoms with Gasteiger partial charge in [0.15, 0.2) is 0 Å². The van der Waals surface area contributed by atoms with Crippen molar-refractivity contribution in [3.8, 4) is 5.75 Å². The lowest BCUT2D eigenvalue weighted by Gasteiger charge is -2.03. The molecule has 0 aliphatic rings. The number of hydrogen-bond donors (Lipinski definition) is 1. The third kappa shape index (κ3) is 3.27. The Bertz CT molecular complexity index is 934. The van der Waals surface area contributed by atoms with Gasteiger partial charge in [-0.1, -0.05) is 35.9 Å². The van der Waals surface area contributed by atoms with Gasteiger partial charge in [0, 0.05) is 15.6 Å². The molecular formula is C18H15ClN2O2S. The molecule has 0 saturated carbocycles. The lowest BCUT2D eigenvalue weighted by molar-refractivity contribution is 0.0959. The molecule has 0 radical (unpaired) electrons. The van der Waals surface area contributed by atoms with Gasteiger partial charge in [0.25, 0.3) is 5.91 Å². The molecule has 0 atom stereocenters. The second-order valence-corrected chi connectivity index (χ2v) is 6.62. The zero-order valence-electron chi connectivity index (χ0n) is 13.2. The molecule has 0 unspecified atom stereocenters. The Hall–Kier alpha value is -2.37. The summed E-state index contributed by atoms with van der Waals surface area (Å²) < 4.78 is 6.22. The number of ether oxygens (including phenoxy) is 1. The first-order valence-electron chi connectivity index (χ1n) is 7.25. The number of rotatable bonds is 4. The Labute approximate surface area is 148 Å². The van der Waals surface area contributed by atoms with Crippen LogP contribution in [0.15, 0.2) is 47.6 Å². The normalized spacial score (nSPS) is 11.1. The monoisotopic (exact) mass is 358 g/mol. The Morgan fingerprint density at radius 2 is 2.08 bits per heavy atom. The summed E-state index contributed by atoms with van der Waals surface area (Å²) >= 11 is 7.68. The summed E-state index contributed by atoms with van der Waals surface area (Å²) in [5.41, 5.74) is 4.42. The fraction of sp³-hybridized carbons (Fsp3) is 0.111. The van der Waals surface area contributed by atoms with Crippen LogP contribution in [0.1, 0.15) is 20.8 Å². The number of hydrazone groups is 1. The van der Waals surface area contributed by atoms with E-state index in [1.54, 1.807) is 13.3 Å². The number of thiophene rings is 1. The molecule has 3 aromatic rings. The minimum absolute atomic E-state index is 0.329. The number of hydrogen-bond acceptors (Lipinski definition) is 4. The van der Waals surface area contributed by atoms with Crippen molar-refractivity contribution in [1.29, 1.82) is 0 Å². The maximum atomic E-state index is 12.3. The van der Waals surface area contributed by atoms with Gasteiger partial charge in [-0.3, -0.25) is 4.79 Å². The van der Waals surface area contributed by atoms with E-state index in [4.69, 9.17) is 16.3 Å². The molecule has 1 N–H and O–H groups in total. The van der Waals surface area contributed by atoms with E-state index in [9.17, 15) is 4.79 Å². The SMILES string of the molecule is COc1ccccc1/C=N/NC(=O)c1sc2cc(C)ccc2c1Cl. The Kier molecular flexibility index (Phi) is 4.83. The van der Waals surface area contributed by atoms with E-state index >= 15 is 0 Å². The molecule has 1 heterocycles. The van der Waals surface area contributed by atoms with E-state index in [0.717, 1.165) is 21.2 Å². The average Bonchev–Trinajstić information content (AvgIpc) is 2.91. The van der Waals surface area contributed by atoms with Gasteiger partial charge in [-0.05, 0) is 30.7 Å². The highest BCUT2D eigenvalue weighted by Gasteiger charge is 2.16. The van der Waals surface area contributed by atoms with Crippen molar-refractivity contribution in [3.05, 3.63) is 63.5 Å². The molecule has 3 rings (SSSR count). The highest BCUT2D eigenvalue weighted by atomic mass is 35.5. The lowest BCUT2D eigenvalue weighted by Crippen LogP contribution is -2.16. The van der Waals surface area contributed by atoms with Crippen LogP contribution < -0.4 is 10.2 Å². The van der Waals surface area contributed by atoms with Gasteiger partial charge in [-0.15, -0.1) is 11.3 Å². The lowest BCUT2D eigenvalue weighted by atomic mass is 10.2. The second kappa shape index (κ2) is 7.03. The van der Waals surface area contributed by atoms with Crippen LogP contribution >= 0.6 is 22.9 Å². The highest BCUT2D eigenvalue weighted by Crippen LogP contribution is 2.35. The fourth-order valence-corrected chi connectivity index (χ4v) is 3.81. The number of aryl methyl sites for hydroxylation is 1. The maximum Gasteiger partial charge on any atom is 0.283 e. The van der Waals surface area contributed by atoms with E-state index in [0.29, 0.717) is 15.6 Å². The summed E-state index contributed by atoms with van der Waals surface area (Å²) in [4.78, 5) is 12.8. The predicted octanol–water partition coefficient (Wildman–Crippen LogP) is 4.64. The molecule has 1 amide bonds. The van der Waals surface area contributed by atoms with E-state index in [-0.39, 0.29) is 5.91 Å². The van der Waals surface area contributed by atoms with Crippen LogP contribution in [0.4, 0.5) is 0 Å². The van der Waals surface area contributed by atoms with Gasteiger partial charge in [-0.2, -0.15) is 5.10 Å². The molecule has 24 heavy (non-hydrogen) atoms. The number of fused-ring (bicyclic) bond motifs is 1. The molecule has 0 bridgehead atoms. The predicted molar refractivity (Wildman–Crippen MR) is 99.6 cm³/mol. The number of nitrogens with one attached hydrogen (secondary N) is 1. The van der Waals surface area contributed by atoms with Gasteiger partial charge in [-0.25, -0.2) is 5.43 Å². The number of carbonyl (C=O) groups excluding carboxylic acids is 1. The fourth-order valence-electron chi connectivity index (χ4n) is 2.30. The molecule has 2 aromatic carbocycles. The standard InChI is InChI=1S/C18H15ClN2O2S/c1-11-7-8-13-15(9-11)24-17(16(13)19)18(22)21-20-10-12-5-3-4-6-14(12)23-2/h3-10H,1-2H3,(H,21,22)/b20-10+. The van der Waals surface area contributed by atoms with E-state index in [1.807, 2.05) is 49.4 Å². The summed E-state index contributed by atoms with van der Waals surface area (Å²) in [5.74, 6) is 0.357. The number of benzene rings is 2. The molecular weight excluding hydrogens is 344 g/mol. The molecule has 6 heteroatoms. The summed E-state index contributed by atoms with van der Waals surface area (Å²) in [6, 6.07) is 13.3. The van der Waals surface area contributed by atoms with Crippen LogP contribution in [0.3, 0.4) is 0 Å². The molecule has 0 aliphatic carbocycles. The summed E-state index contributed by atoms with van der Waals surface area (Å²) in [6.07, 6.45) is 1.54. The van der Waals surface area contributed by atoms with Crippen LogP contribution in [-0.2, 0) is 0 Å². The van der Waals surface area contributed by atoms with Crippen LogP contribution in [0.5, 0.6) is 5.75 Å². The third-order valence-electron chi connectivity index (χ3n) is 3.50. The third-order valence-corrected chi connectivity index (χ3v) is 5.16. The topological polar surface area (TPSA) is 50.7 Å². The molecule has 0 spiro atoms. The first kappa shape index (κ1) is 16.5. The van der Waals surface area contributed by atoms with Crippen molar-refractivity contribution in [3.63, 3.8) is 0 Å². The quantitative estimate of drug-likeness (QED) is 0.545. The molecule has 4 nitrogen and oxygen atoms in total. The Morgan fingerprint density at radius 3 is 2.88 bits per heavy atom. The summed E-state index contributed by atoms with van der Waals surface area (Å²) in [5, 5.41) is 5.34. The molecule has 122 valence electrons. The largest absolute Gasteiger partial charge is 0.496 e. The van der Waals surface area contributed by atoms with Crippen molar-refractivity contribution in [1.82, 2.24) is 5.43 Å². The molecule has 0 aliphatic heterocycles. The highest BCUT2D eigenvalue weighted by molar-refractivity contribution is 7.21. The first-order valence-corrected chi connectivity index (χ1v) is 8.44. The van der Waals surface area contributed by atoms with Crippen LogP contribution in [0.2, 0.25) is 5.02 Å². The average molecular weight is 359 g/mol. The van der Waals surface area contributed by atoms with Gasteiger partial charge in [0.05, 0.1) is 18.3 Å². The van der Waals surface area contributed by atoms with Crippen LogP contribution in [-0.4, -0.2) is 19.2 Å². The maximum absolute atomic E-state index is 12.3. The van der Waals surface area contributed by atoms with Crippen molar-refractivity contribution >= 4 is 45.1 Å².